The van der Waals surface area contributed by atoms with E-state index in [2.05, 4.69) is 30.6 Å². The van der Waals surface area contributed by atoms with E-state index in [0.29, 0.717) is 43.8 Å². The predicted octanol–water partition coefficient (Wildman–Crippen LogP) is 1.12. The first-order chi connectivity index (χ1) is 14.3. The molecular weight excluding hydrogens is 384 g/mol. The van der Waals surface area contributed by atoms with Gasteiger partial charge in [-0.1, -0.05) is 0 Å². The number of hydrogen-bond donors (Lipinski definition) is 2. The largest absolute Gasteiger partial charge is 0.348 e. The summed E-state index contributed by atoms with van der Waals surface area (Å²) in [7, 11) is 0. The Hall–Kier alpha value is -3.30. The molecule has 4 heterocycles. The minimum Gasteiger partial charge on any atom is -0.348 e. The highest BCUT2D eigenvalue weighted by Gasteiger charge is 2.27. The molecule has 2 N–H and O–H groups in total. The molecule has 0 saturated heterocycles. The molecule has 0 atom stereocenters. The Kier molecular flexibility index (Phi) is 5.23. The van der Waals surface area contributed by atoms with Crippen LogP contribution in [0, 0.1) is 13.8 Å². The summed E-state index contributed by atoms with van der Waals surface area (Å²) in [5.74, 6) is 0.463. The first-order valence-electron chi connectivity index (χ1n) is 10.2. The van der Waals surface area contributed by atoms with E-state index < -0.39 is 0 Å². The lowest BCUT2D eigenvalue weighted by molar-refractivity contribution is -0.132. The Morgan fingerprint density at radius 1 is 1.30 bits per heavy atom. The van der Waals surface area contributed by atoms with Crippen molar-refractivity contribution in [1.29, 1.82) is 0 Å². The zero-order chi connectivity index (χ0) is 21.4. The van der Waals surface area contributed by atoms with E-state index in [1.54, 1.807) is 4.52 Å². The van der Waals surface area contributed by atoms with Crippen LogP contribution in [0.3, 0.4) is 0 Å². The van der Waals surface area contributed by atoms with Gasteiger partial charge in [0.1, 0.15) is 6.33 Å². The molecule has 158 valence electrons. The molecule has 0 bridgehead atoms. The van der Waals surface area contributed by atoms with Gasteiger partial charge >= 0.3 is 0 Å². The topological polar surface area (TPSA) is 121 Å². The van der Waals surface area contributed by atoms with Crippen molar-refractivity contribution in [2.24, 2.45) is 0 Å². The van der Waals surface area contributed by atoms with Gasteiger partial charge in [-0.25, -0.2) is 9.50 Å². The number of amides is 2. The molecule has 0 unspecified atom stereocenters. The van der Waals surface area contributed by atoms with E-state index in [1.807, 2.05) is 32.6 Å². The molecule has 3 aromatic heterocycles. The second-order valence-electron chi connectivity index (χ2n) is 7.96. The average molecular weight is 410 g/mol. The summed E-state index contributed by atoms with van der Waals surface area (Å²) in [5, 5.41) is 14.2. The Bertz CT molecular complexity index is 1110. The molecule has 1 aliphatic rings. The lowest BCUT2D eigenvalue weighted by Gasteiger charge is -2.27. The van der Waals surface area contributed by atoms with Gasteiger partial charge in [0.25, 0.3) is 11.7 Å². The van der Waals surface area contributed by atoms with Crippen LogP contribution in [0.2, 0.25) is 0 Å². The van der Waals surface area contributed by atoms with E-state index in [1.165, 1.54) is 6.33 Å². The summed E-state index contributed by atoms with van der Waals surface area (Å²) >= 11 is 0. The maximum atomic E-state index is 12.9. The second-order valence-corrected chi connectivity index (χ2v) is 7.96. The first-order valence-corrected chi connectivity index (χ1v) is 10.2. The maximum absolute atomic E-state index is 12.9. The molecule has 0 fully saturated rings. The van der Waals surface area contributed by atoms with Crippen LogP contribution in [0.5, 0.6) is 0 Å². The minimum atomic E-state index is -0.177. The number of carbonyl (C=O) groups is 2. The van der Waals surface area contributed by atoms with Crippen LogP contribution in [0.4, 0.5) is 0 Å². The van der Waals surface area contributed by atoms with Crippen LogP contribution in [0.15, 0.2) is 6.33 Å². The quantitative estimate of drug-likeness (QED) is 0.650. The van der Waals surface area contributed by atoms with Crippen molar-refractivity contribution in [3.05, 3.63) is 40.2 Å². The van der Waals surface area contributed by atoms with E-state index in [0.717, 1.165) is 28.2 Å². The van der Waals surface area contributed by atoms with E-state index in [-0.39, 0.29) is 17.9 Å². The number of aryl methyl sites for hydroxylation is 2. The van der Waals surface area contributed by atoms with Gasteiger partial charge in [0, 0.05) is 36.0 Å². The highest BCUT2D eigenvalue weighted by atomic mass is 16.2. The summed E-state index contributed by atoms with van der Waals surface area (Å²) in [6, 6.07) is 0.0460. The fourth-order valence-electron chi connectivity index (χ4n) is 3.96. The number of hydrogen-bond acceptors (Lipinski definition) is 6. The van der Waals surface area contributed by atoms with Gasteiger partial charge in [0.15, 0.2) is 5.69 Å². The molecule has 0 aromatic carbocycles. The molecule has 10 heteroatoms. The molecule has 4 rings (SSSR count). The molecule has 0 aliphatic carbocycles. The van der Waals surface area contributed by atoms with Gasteiger partial charge in [0.05, 0.1) is 12.2 Å². The molecule has 0 saturated carbocycles. The van der Waals surface area contributed by atoms with Gasteiger partial charge < -0.3 is 10.2 Å². The zero-order valence-corrected chi connectivity index (χ0v) is 17.7. The number of carbonyl (C=O) groups excluding carboxylic acids is 2. The van der Waals surface area contributed by atoms with Crippen LogP contribution in [-0.4, -0.2) is 59.1 Å². The standard InChI is InChI=1S/C20H26N8O2/c1-11(2)23-19(30)18-15-7-8-27(9-16(15)25-26-18)17(29)6-5-14-12(3)24-20-21-10-22-28(20)13(14)4/h10-11H,5-9H2,1-4H3,(H,23,30)(H,25,26). The predicted molar refractivity (Wildman–Crippen MR) is 109 cm³/mol. The fourth-order valence-corrected chi connectivity index (χ4v) is 3.96. The van der Waals surface area contributed by atoms with E-state index >= 15 is 0 Å². The maximum Gasteiger partial charge on any atom is 0.272 e. The van der Waals surface area contributed by atoms with Crippen molar-refractivity contribution < 1.29 is 9.59 Å². The van der Waals surface area contributed by atoms with Crippen LogP contribution < -0.4 is 5.32 Å². The number of nitrogens with zero attached hydrogens (tertiary/aromatic N) is 6. The highest BCUT2D eigenvalue weighted by Crippen LogP contribution is 2.22. The molecule has 0 radical (unpaired) electrons. The highest BCUT2D eigenvalue weighted by molar-refractivity contribution is 5.94. The van der Waals surface area contributed by atoms with Gasteiger partial charge in [-0.15, -0.1) is 0 Å². The van der Waals surface area contributed by atoms with Gasteiger partial charge in [-0.3, -0.25) is 14.7 Å². The summed E-state index contributed by atoms with van der Waals surface area (Å²) in [6.45, 7) is 8.74. The summed E-state index contributed by atoms with van der Waals surface area (Å²) in [6.07, 6.45) is 3.07. The third-order valence-electron chi connectivity index (χ3n) is 5.50. The number of rotatable bonds is 5. The Morgan fingerprint density at radius 3 is 2.87 bits per heavy atom. The van der Waals surface area contributed by atoms with Crippen LogP contribution in [0.1, 0.15) is 59.0 Å². The molecular formula is C20H26N8O2. The van der Waals surface area contributed by atoms with Crippen molar-refractivity contribution in [2.75, 3.05) is 6.54 Å². The average Bonchev–Trinajstić information content (AvgIpc) is 3.33. The molecule has 30 heavy (non-hydrogen) atoms. The first kappa shape index (κ1) is 20.0. The zero-order valence-electron chi connectivity index (χ0n) is 17.7. The third kappa shape index (κ3) is 3.64. The van der Waals surface area contributed by atoms with Crippen LogP contribution >= 0.6 is 0 Å². The molecule has 10 nitrogen and oxygen atoms in total. The molecule has 0 spiro atoms. The normalized spacial score (nSPS) is 13.7. The van der Waals surface area contributed by atoms with E-state index in [9.17, 15) is 9.59 Å². The molecule has 1 aliphatic heterocycles. The lowest BCUT2D eigenvalue weighted by Crippen LogP contribution is -2.37. The number of nitrogens with one attached hydrogen (secondary N) is 2. The van der Waals surface area contributed by atoms with Gasteiger partial charge in [-0.05, 0) is 46.1 Å². The SMILES string of the molecule is Cc1nc2ncnn2c(C)c1CCC(=O)N1CCc2c(C(=O)NC(C)C)n[nH]c2C1. The van der Waals surface area contributed by atoms with Crippen LogP contribution in [0.25, 0.3) is 5.78 Å². The third-order valence-corrected chi connectivity index (χ3v) is 5.50. The number of aromatic nitrogens is 6. The fraction of sp³-hybridized carbons (Fsp3) is 0.500. The molecule has 3 aromatic rings. The lowest BCUT2D eigenvalue weighted by atomic mass is 10.0. The van der Waals surface area contributed by atoms with Crippen molar-refractivity contribution in [2.45, 2.75) is 59.5 Å². The number of aromatic amines is 1. The minimum absolute atomic E-state index is 0.0460. The van der Waals surface area contributed by atoms with Crippen molar-refractivity contribution in [3.8, 4) is 0 Å². The van der Waals surface area contributed by atoms with Crippen molar-refractivity contribution >= 4 is 17.6 Å². The Morgan fingerprint density at radius 2 is 2.10 bits per heavy atom. The summed E-state index contributed by atoms with van der Waals surface area (Å²) < 4.78 is 1.70. The number of H-pyrrole nitrogens is 1. The Balaban J connectivity index is 1.43. The molecule has 2 amide bonds. The summed E-state index contributed by atoms with van der Waals surface area (Å²) in [5.41, 5.74) is 5.03. The van der Waals surface area contributed by atoms with Crippen LogP contribution in [-0.2, 0) is 24.2 Å². The van der Waals surface area contributed by atoms with Crippen molar-refractivity contribution in [1.82, 2.24) is 40.0 Å². The Labute approximate surface area is 174 Å². The van der Waals surface area contributed by atoms with Gasteiger partial charge in [0.2, 0.25) is 5.91 Å². The van der Waals surface area contributed by atoms with E-state index in [4.69, 9.17) is 0 Å². The number of fused-ring (bicyclic) bond motifs is 2. The van der Waals surface area contributed by atoms with Crippen molar-refractivity contribution in [3.63, 3.8) is 0 Å². The smallest absolute Gasteiger partial charge is 0.272 e. The monoisotopic (exact) mass is 410 g/mol. The summed E-state index contributed by atoms with van der Waals surface area (Å²) in [4.78, 5) is 35.6. The van der Waals surface area contributed by atoms with Gasteiger partial charge in [-0.2, -0.15) is 15.2 Å². The second kappa shape index (κ2) is 7.85.